The van der Waals surface area contributed by atoms with E-state index in [1.54, 1.807) is 24.5 Å². The molecule has 2 aromatic rings. The average molecular weight is 335 g/mol. The van der Waals surface area contributed by atoms with Crippen LogP contribution in [0.25, 0.3) is 5.69 Å². The number of hydrogen-bond donors (Lipinski definition) is 0. The van der Waals surface area contributed by atoms with E-state index in [0.29, 0.717) is 23.9 Å². The minimum atomic E-state index is -0.566. The molecule has 0 saturated carbocycles. The lowest BCUT2D eigenvalue weighted by Crippen LogP contribution is -2.41. The zero-order chi connectivity index (χ0) is 16.4. The third-order valence-corrected chi connectivity index (χ3v) is 4.61. The van der Waals surface area contributed by atoms with Gasteiger partial charge in [0.2, 0.25) is 0 Å². The Labute approximate surface area is 139 Å². The summed E-state index contributed by atoms with van der Waals surface area (Å²) < 4.78 is 8.24. The molecule has 0 N–H and O–H groups in total. The summed E-state index contributed by atoms with van der Waals surface area (Å²) in [6.45, 7) is 3.83. The third-order valence-electron chi connectivity index (χ3n) is 4.20. The summed E-state index contributed by atoms with van der Waals surface area (Å²) in [5.41, 5.74) is 0.434. The number of benzene rings is 1. The van der Waals surface area contributed by atoms with Crippen LogP contribution >= 0.6 is 11.6 Å². The number of halogens is 1. The van der Waals surface area contributed by atoms with E-state index in [2.05, 4.69) is 0 Å². The molecule has 1 fully saturated rings. The Balaban J connectivity index is 1.92. The molecule has 1 unspecified atom stereocenters. The molecule has 0 spiro atoms. The molecule has 3 rings (SSSR count). The Morgan fingerprint density at radius 1 is 1.26 bits per heavy atom. The second-order valence-corrected chi connectivity index (χ2v) is 6.35. The standard InChI is InChI=1S/C17H19ClN2O3/c1-12-4-5-14(9-15(12)18)20-7-6-19(16(21)17(20)22)10-13-3-2-8-23-11-13/h4-7,9,13H,2-3,8,10-11H2,1H3. The first kappa shape index (κ1) is 16.0. The van der Waals surface area contributed by atoms with Gasteiger partial charge >= 0.3 is 11.1 Å². The van der Waals surface area contributed by atoms with Crippen LogP contribution in [-0.2, 0) is 11.3 Å². The highest BCUT2D eigenvalue weighted by Gasteiger charge is 2.16. The van der Waals surface area contributed by atoms with Gasteiger partial charge in [0.15, 0.2) is 0 Å². The van der Waals surface area contributed by atoms with Gasteiger partial charge in [0.25, 0.3) is 0 Å². The highest BCUT2D eigenvalue weighted by atomic mass is 35.5. The summed E-state index contributed by atoms with van der Waals surface area (Å²) in [4.78, 5) is 24.7. The van der Waals surface area contributed by atoms with Crippen LogP contribution in [0.2, 0.25) is 5.02 Å². The van der Waals surface area contributed by atoms with E-state index in [1.807, 2.05) is 13.0 Å². The largest absolute Gasteiger partial charge is 0.381 e. The summed E-state index contributed by atoms with van der Waals surface area (Å²) in [5, 5.41) is 0.568. The molecule has 5 nitrogen and oxygen atoms in total. The van der Waals surface area contributed by atoms with Gasteiger partial charge < -0.3 is 9.30 Å². The second-order valence-electron chi connectivity index (χ2n) is 5.95. The maximum absolute atomic E-state index is 12.4. The smallest absolute Gasteiger partial charge is 0.320 e. The third kappa shape index (κ3) is 3.41. The molecular formula is C17H19ClN2O3. The van der Waals surface area contributed by atoms with Crippen molar-refractivity contribution in [3.8, 4) is 5.69 Å². The van der Waals surface area contributed by atoms with Gasteiger partial charge in [-0.1, -0.05) is 17.7 Å². The summed E-state index contributed by atoms with van der Waals surface area (Å²) in [7, 11) is 0. The number of aromatic nitrogens is 2. The number of ether oxygens (including phenoxy) is 1. The fourth-order valence-corrected chi connectivity index (χ4v) is 2.99. The van der Waals surface area contributed by atoms with Crippen LogP contribution in [0.3, 0.4) is 0 Å². The molecule has 1 aliphatic heterocycles. The highest BCUT2D eigenvalue weighted by molar-refractivity contribution is 6.31. The molecule has 0 radical (unpaired) electrons. The topological polar surface area (TPSA) is 53.2 Å². The van der Waals surface area contributed by atoms with Crippen molar-refractivity contribution in [1.82, 2.24) is 9.13 Å². The zero-order valence-electron chi connectivity index (χ0n) is 13.0. The fraction of sp³-hybridized carbons (Fsp3) is 0.412. The van der Waals surface area contributed by atoms with Gasteiger partial charge in [-0.25, -0.2) is 0 Å². The van der Waals surface area contributed by atoms with Crippen LogP contribution < -0.4 is 11.1 Å². The number of nitrogens with zero attached hydrogens (tertiary/aromatic N) is 2. The Bertz CT molecular complexity index is 819. The normalized spacial score (nSPS) is 18.1. The van der Waals surface area contributed by atoms with Crippen LogP contribution in [0.5, 0.6) is 0 Å². The van der Waals surface area contributed by atoms with E-state index in [1.165, 1.54) is 9.13 Å². The molecule has 122 valence electrons. The van der Waals surface area contributed by atoms with Gasteiger partial charge in [-0.05, 0) is 37.5 Å². The average Bonchev–Trinajstić information content (AvgIpc) is 2.56. The Morgan fingerprint density at radius 3 is 2.78 bits per heavy atom. The minimum absolute atomic E-state index is 0.283. The second kappa shape index (κ2) is 6.72. The van der Waals surface area contributed by atoms with Crippen LogP contribution in [0.4, 0.5) is 0 Å². The number of rotatable bonds is 3. The summed E-state index contributed by atoms with van der Waals surface area (Å²) >= 11 is 6.10. The molecule has 2 heterocycles. The van der Waals surface area contributed by atoms with Crippen molar-refractivity contribution in [2.24, 2.45) is 5.92 Å². The van der Waals surface area contributed by atoms with E-state index in [-0.39, 0.29) is 5.92 Å². The first-order valence-corrected chi connectivity index (χ1v) is 8.10. The first-order valence-electron chi connectivity index (χ1n) is 7.72. The number of hydrogen-bond acceptors (Lipinski definition) is 3. The lowest BCUT2D eigenvalue weighted by Gasteiger charge is -2.22. The summed E-state index contributed by atoms with van der Waals surface area (Å²) in [6, 6.07) is 5.30. The summed E-state index contributed by atoms with van der Waals surface area (Å²) in [5.74, 6) is 0.283. The molecule has 1 atom stereocenters. The van der Waals surface area contributed by atoms with Gasteiger partial charge in [-0.3, -0.25) is 14.2 Å². The quantitative estimate of drug-likeness (QED) is 0.810. The molecule has 0 amide bonds. The maximum Gasteiger partial charge on any atom is 0.320 e. The Morgan fingerprint density at radius 2 is 2.09 bits per heavy atom. The molecule has 6 heteroatoms. The van der Waals surface area contributed by atoms with Crippen LogP contribution in [0.1, 0.15) is 18.4 Å². The van der Waals surface area contributed by atoms with E-state index in [4.69, 9.17) is 16.3 Å². The fourth-order valence-electron chi connectivity index (χ4n) is 2.82. The molecule has 0 bridgehead atoms. The Hall–Kier alpha value is -1.85. The van der Waals surface area contributed by atoms with E-state index < -0.39 is 11.1 Å². The van der Waals surface area contributed by atoms with E-state index in [0.717, 1.165) is 25.0 Å². The lowest BCUT2D eigenvalue weighted by molar-refractivity contribution is 0.0479. The molecule has 1 aromatic carbocycles. The SMILES string of the molecule is Cc1ccc(-n2ccn(CC3CCCOC3)c(=O)c2=O)cc1Cl. The van der Waals surface area contributed by atoms with Crippen LogP contribution in [0.15, 0.2) is 40.2 Å². The predicted octanol–water partition coefficient (Wildman–Crippen LogP) is 2.39. The zero-order valence-corrected chi connectivity index (χ0v) is 13.8. The molecule has 23 heavy (non-hydrogen) atoms. The van der Waals surface area contributed by atoms with Gasteiger partial charge in [0.1, 0.15) is 0 Å². The van der Waals surface area contributed by atoms with Gasteiger partial charge in [0.05, 0.1) is 12.3 Å². The van der Waals surface area contributed by atoms with Crippen molar-refractivity contribution in [3.63, 3.8) is 0 Å². The first-order chi connectivity index (χ1) is 11.1. The predicted molar refractivity (Wildman–Crippen MR) is 89.6 cm³/mol. The molecule has 1 aromatic heterocycles. The molecular weight excluding hydrogens is 316 g/mol. The lowest BCUT2D eigenvalue weighted by atomic mass is 10.0. The van der Waals surface area contributed by atoms with E-state index >= 15 is 0 Å². The van der Waals surface area contributed by atoms with Crippen molar-refractivity contribution in [2.45, 2.75) is 26.3 Å². The van der Waals surface area contributed by atoms with Crippen molar-refractivity contribution < 1.29 is 4.74 Å². The van der Waals surface area contributed by atoms with Gasteiger partial charge in [0, 0.05) is 36.5 Å². The molecule has 0 aliphatic carbocycles. The molecule has 1 saturated heterocycles. The van der Waals surface area contributed by atoms with Gasteiger partial charge in [-0.2, -0.15) is 0 Å². The van der Waals surface area contributed by atoms with Crippen molar-refractivity contribution in [3.05, 3.63) is 61.9 Å². The van der Waals surface area contributed by atoms with Gasteiger partial charge in [-0.15, -0.1) is 0 Å². The monoisotopic (exact) mass is 334 g/mol. The number of aryl methyl sites for hydroxylation is 1. The van der Waals surface area contributed by atoms with E-state index in [9.17, 15) is 9.59 Å². The minimum Gasteiger partial charge on any atom is -0.381 e. The van der Waals surface area contributed by atoms with Crippen molar-refractivity contribution >= 4 is 11.6 Å². The highest BCUT2D eigenvalue weighted by Crippen LogP contribution is 2.18. The summed E-state index contributed by atoms with van der Waals surface area (Å²) in [6.07, 6.45) is 5.29. The maximum atomic E-state index is 12.4. The van der Waals surface area contributed by atoms with Crippen LogP contribution in [-0.4, -0.2) is 22.3 Å². The Kier molecular flexibility index (Phi) is 4.68. The molecule has 1 aliphatic rings. The van der Waals surface area contributed by atoms with Crippen LogP contribution in [0, 0.1) is 12.8 Å². The van der Waals surface area contributed by atoms with Crippen molar-refractivity contribution in [1.29, 1.82) is 0 Å². The van der Waals surface area contributed by atoms with Crippen molar-refractivity contribution in [2.75, 3.05) is 13.2 Å².